The molecule has 1 N–H and O–H groups in total. The second-order valence-corrected chi connectivity index (χ2v) is 7.46. The van der Waals surface area contributed by atoms with Crippen molar-refractivity contribution in [3.63, 3.8) is 0 Å². The normalized spacial score (nSPS) is 10.8. The van der Waals surface area contributed by atoms with Crippen molar-refractivity contribution in [2.45, 2.75) is 33.9 Å². The fourth-order valence-corrected chi connectivity index (χ4v) is 3.10. The van der Waals surface area contributed by atoms with Crippen molar-refractivity contribution in [1.82, 2.24) is 15.2 Å². The summed E-state index contributed by atoms with van der Waals surface area (Å²) in [7, 11) is 0. The number of halogens is 1. The minimum Gasteiger partial charge on any atom is -0.486 e. The fraction of sp³-hybridized carbons (Fsp3) is 0.444. The van der Waals surface area contributed by atoms with Gasteiger partial charge in [-0.25, -0.2) is 9.78 Å². The zero-order valence-corrected chi connectivity index (χ0v) is 16.4. The van der Waals surface area contributed by atoms with Crippen LogP contribution in [0.25, 0.3) is 0 Å². The Bertz CT molecular complexity index is 673. The second kappa shape index (κ2) is 9.63. The molecule has 1 aromatic heterocycles. The van der Waals surface area contributed by atoms with Gasteiger partial charge in [-0.2, -0.15) is 0 Å². The highest BCUT2D eigenvalue weighted by Crippen LogP contribution is 2.19. The van der Waals surface area contributed by atoms with Crippen molar-refractivity contribution in [3.05, 3.63) is 45.4 Å². The van der Waals surface area contributed by atoms with Gasteiger partial charge in [0.1, 0.15) is 17.4 Å². The van der Waals surface area contributed by atoms with Crippen LogP contribution in [0.2, 0.25) is 5.02 Å². The van der Waals surface area contributed by atoms with Crippen molar-refractivity contribution in [2.24, 2.45) is 5.92 Å². The lowest BCUT2D eigenvalue weighted by atomic mass is 10.2. The van der Waals surface area contributed by atoms with E-state index in [2.05, 4.69) is 24.1 Å². The molecule has 0 spiro atoms. The highest BCUT2D eigenvalue weighted by molar-refractivity contribution is 7.09. The number of hydrogen-bond acceptors (Lipinski definition) is 4. The van der Waals surface area contributed by atoms with Gasteiger partial charge in [0.25, 0.3) is 0 Å². The van der Waals surface area contributed by atoms with E-state index < -0.39 is 0 Å². The van der Waals surface area contributed by atoms with Crippen molar-refractivity contribution in [3.8, 4) is 5.75 Å². The first-order valence-electron chi connectivity index (χ1n) is 8.32. The van der Waals surface area contributed by atoms with E-state index in [9.17, 15) is 4.79 Å². The molecule has 5 nitrogen and oxygen atoms in total. The first-order chi connectivity index (χ1) is 12.0. The molecule has 7 heteroatoms. The molecule has 1 heterocycles. The van der Waals surface area contributed by atoms with Crippen LogP contribution in [0.3, 0.4) is 0 Å². The number of nitrogens with zero attached hydrogens (tertiary/aromatic N) is 2. The van der Waals surface area contributed by atoms with Crippen LogP contribution < -0.4 is 10.1 Å². The van der Waals surface area contributed by atoms with E-state index in [-0.39, 0.29) is 6.03 Å². The predicted octanol–water partition coefficient (Wildman–Crippen LogP) is 4.56. The molecule has 136 valence electrons. The number of urea groups is 1. The Hall–Kier alpha value is -1.79. The van der Waals surface area contributed by atoms with E-state index in [0.717, 1.165) is 16.5 Å². The smallest absolute Gasteiger partial charge is 0.317 e. The number of aromatic nitrogens is 1. The lowest BCUT2D eigenvalue weighted by Gasteiger charge is -2.23. The summed E-state index contributed by atoms with van der Waals surface area (Å²) in [4.78, 5) is 18.6. The van der Waals surface area contributed by atoms with Gasteiger partial charge in [-0.3, -0.25) is 0 Å². The van der Waals surface area contributed by atoms with Crippen LogP contribution in [0.1, 0.15) is 31.5 Å². The maximum Gasteiger partial charge on any atom is 0.317 e. The second-order valence-electron chi connectivity index (χ2n) is 6.09. The SMILES string of the molecule is CCNC(=O)N(Cc1csc(COc2ccc(Cl)cc2)n1)CC(C)C. The average Bonchev–Trinajstić information content (AvgIpc) is 3.01. The number of ether oxygens (including phenoxy) is 1. The quantitative estimate of drug-likeness (QED) is 0.729. The summed E-state index contributed by atoms with van der Waals surface area (Å²) in [6.07, 6.45) is 0. The van der Waals surface area contributed by atoms with Crippen molar-refractivity contribution >= 4 is 29.0 Å². The van der Waals surface area contributed by atoms with Crippen molar-refractivity contribution in [2.75, 3.05) is 13.1 Å². The number of carbonyl (C=O) groups is 1. The number of rotatable bonds is 8. The predicted molar refractivity (Wildman–Crippen MR) is 102 cm³/mol. The van der Waals surface area contributed by atoms with Gasteiger partial charge in [0.05, 0.1) is 12.2 Å². The molecule has 0 aliphatic carbocycles. The van der Waals surface area contributed by atoms with E-state index in [1.165, 1.54) is 11.3 Å². The summed E-state index contributed by atoms with van der Waals surface area (Å²) >= 11 is 7.40. The molecule has 2 aromatic rings. The molecule has 0 saturated carbocycles. The number of benzene rings is 1. The Morgan fingerprint density at radius 1 is 1.36 bits per heavy atom. The summed E-state index contributed by atoms with van der Waals surface area (Å²) in [6, 6.07) is 7.19. The number of nitrogens with one attached hydrogen (secondary N) is 1. The van der Waals surface area contributed by atoms with E-state index in [1.54, 1.807) is 17.0 Å². The molecule has 0 aliphatic heterocycles. The molecule has 2 rings (SSSR count). The molecular formula is C18H24ClN3O2S. The zero-order chi connectivity index (χ0) is 18.2. The third-order valence-electron chi connectivity index (χ3n) is 3.33. The van der Waals surface area contributed by atoms with Gasteiger partial charge in [-0.05, 0) is 37.1 Å². The van der Waals surface area contributed by atoms with Crippen molar-refractivity contribution < 1.29 is 9.53 Å². The first-order valence-corrected chi connectivity index (χ1v) is 9.58. The maximum absolute atomic E-state index is 12.2. The van der Waals surface area contributed by atoms with E-state index >= 15 is 0 Å². The fourth-order valence-electron chi connectivity index (χ4n) is 2.28. The van der Waals surface area contributed by atoms with Gasteiger partial charge in [-0.15, -0.1) is 11.3 Å². The van der Waals surface area contributed by atoms with Crippen LogP contribution >= 0.6 is 22.9 Å². The zero-order valence-electron chi connectivity index (χ0n) is 14.8. The highest BCUT2D eigenvalue weighted by atomic mass is 35.5. The van der Waals surface area contributed by atoms with Gasteiger partial charge < -0.3 is 15.0 Å². The maximum atomic E-state index is 12.2. The summed E-state index contributed by atoms with van der Waals surface area (Å²) in [5.41, 5.74) is 0.881. The molecule has 2 amide bonds. The number of thiazole rings is 1. The molecule has 0 unspecified atom stereocenters. The van der Waals surface area contributed by atoms with Crippen LogP contribution in [0, 0.1) is 5.92 Å². The third kappa shape index (κ3) is 6.55. The van der Waals surface area contributed by atoms with Crippen LogP contribution in [-0.4, -0.2) is 29.0 Å². The largest absolute Gasteiger partial charge is 0.486 e. The molecular weight excluding hydrogens is 358 g/mol. The number of amides is 2. The van der Waals surface area contributed by atoms with Crippen molar-refractivity contribution in [1.29, 1.82) is 0 Å². The Labute approximate surface area is 158 Å². The lowest BCUT2D eigenvalue weighted by Crippen LogP contribution is -2.41. The topological polar surface area (TPSA) is 54.5 Å². The average molecular weight is 382 g/mol. The standard InChI is InChI=1S/C18H24ClN3O2S/c1-4-20-18(23)22(9-13(2)3)10-15-12-25-17(21-15)11-24-16-7-5-14(19)6-8-16/h5-8,12-13H,4,9-11H2,1-3H3,(H,20,23). The van der Waals surface area contributed by atoms with Crippen LogP contribution in [0.15, 0.2) is 29.6 Å². The van der Waals surface area contributed by atoms with Gasteiger partial charge in [-0.1, -0.05) is 25.4 Å². The summed E-state index contributed by atoms with van der Waals surface area (Å²) in [6.45, 7) is 8.32. The third-order valence-corrected chi connectivity index (χ3v) is 4.45. The molecule has 0 atom stereocenters. The summed E-state index contributed by atoms with van der Waals surface area (Å²) in [5.74, 6) is 1.15. The van der Waals surface area contributed by atoms with E-state index in [0.29, 0.717) is 37.2 Å². The molecule has 0 aliphatic rings. The Morgan fingerprint density at radius 2 is 2.08 bits per heavy atom. The Morgan fingerprint density at radius 3 is 2.72 bits per heavy atom. The lowest BCUT2D eigenvalue weighted by molar-refractivity contribution is 0.187. The summed E-state index contributed by atoms with van der Waals surface area (Å²) in [5, 5.41) is 6.40. The van der Waals surface area contributed by atoms with Gasteiger partial charge >= 0.3 is 6.03 Å². The molecule has 0 fully saturated rings. The monoisotopic (exact) mass is 381 g/mol. The Balaban J connectivity index is 1.93. The minimum absolute atomic E-state index is 0.0526. The van der Waals surface area contributed by atoms with Gasteiger partial charge in [0.15, 0.2) is 0 Å². The molecule has 0 saturated heterocycles. The first kappa shape index (κ1) is 19.5. The molecule has 1 aromatic carbocycles. The number of carbonyl (C=O) groups excluding carboxylic acids is 1. The van der Waals surface area contributed by atoms with E-state index in [4.69, 9.17) is 16.3 Å². The summed E-state index contributed by atoms with van der Waals surface area (Å²) < 4.78 is 5.71. The van der Waals surface area contributed by atoms with E-state index in [1.807, 2.05) is 24.4 Å². The highest BCUT2D eigenvalue weighted by Gasteiger charge is 2.16. The van der Waals surface area contributed by atoms with Crippen LogP contribution in [0.4, 0.5) is 4.79 Å². The Kier molecular flexibility index (Phi) is 7.52. The molecule has 0 radical (unpaired) electrons. The van der Waals surface area contributed by atoms with Crippen LogP contribution in [-0.2, 0) is 13.2 Å². The van der Waals surface area contributed by atoms with Crippen LogP contribution in [0.5, 0.6) is 5.75 Å². The van der Waals surface area contributed by atoms with Gasteiger partial charge in [0.2, 0.25) is 0 Å². The molecule has 25 heavy (non-hydrogen) atoms. The molecule has 0 bridgehead atoms. The number of hydrogen-bond donors (Lipinski definition) is 1. The van der Waals surface area contributed by atoms with Gasteiger partial charge in [0, 0.05) is 23.5 Å². The minimum atomic E-state index is -0.0526.